The summed E-state index contributed by atoms with van der Waals surface area (Å²) in [5, 5.41) is 7.55. The summed E-state index contributed by atoms with van der Waals surface area (Å²) >= 11 is 0. The highest BCUT2D eigenvalue weighted by Gasteiger charge is 2.43. The molecule has 1 aliphatic heterocycles. The lowest BCUT2D eigenvalue weighted by Crippen LogP contribution is -2.59. The zero-order valence-electron chi connectivity index (χ0n) is 17.9. The Morgan fingerprint density at radius 1 is 1.12 bits per heavy atom. The van der Waals surface area contributed by atoms with E-state index in [1.54, 1.807) is 12.3 Å². The molecule has 0 unspecified atom stereocenters. The van der Waals surface area contributed by atoms with E-state index in [2.05, 4.69) is 15.6 Å². The number of rotatable bonds is 5. The number of halogens is 1. The Kier molecular flexibility index (Phi) is 4.93. The van der Waals surface area contributed by atoms with Gasteiger partial charge in [0.05, 0.1) is 24.7 Å². The van der Waals surface area contributed by atoms with E-state index in [1.807, 2.05) is 50.2 Å². The first-order chi connectivity index (χ1) is 15.3. The highest BCUT2D eigenvalue weighted by molar-refractivity contribution is 5.98. The van der Waals surface area contributed by atoms with E-state index in [0.717, 1.165) is 27.5 Å². The number of fused-ring (bicyclic) bond motifs is 1. The Morgan fingerprint density at radius 3 is 2.59 bits per heavy atom. The highest BCUT2D eigenvalue weighted by atomic mass is 19.1. The molecule has 0 bridgehead atoms. The predicted octanol–water partition coefficient (Wildman–Crippen LogP) is 4.03. The summed E-state index contributed by atoms with van der Waals surface area (Å²) in [5.74, 6) is -0.584. The molecule has 2 heterocycles. The lowest BCUT2D eigenvalue weighted by atomic mass is 9.95. The minimum atomic E-state index is -1.04. The van der Waals surface area contributed by atoms with E-state index in [1.165, 1.54) is 0 Å². The number of aryl methyl sites for hydroxylation is 1. The second-order valence-corrected chi connectivity index (χ2v) is 9.02. The molecule has 2 amide bonds. The van der Waals surface area contributed by atoms with Gasteiger partial charge in [-0.3, -0.25) is 9.59 Å². The van der Waals surface area contributed by atoms with Crippen LogP contribution in [0.4, 0.5) is 10.2 Å². The molecule has 32 heavy (non-hydrogen) atoms. The van der Waals surface area contributed by atoms with Crippen LogP contribution < -0.4 is 10.6 Å². The number of hydrogen-bond donors (Lipinski definition) is 2. The minimum Gasteiger partial charge on any atom is -0.376 e. The Bertz CT molecular complexity index is 1240. The minimum absolute atomic E-state index is 0.119. The summed E-state index contributed by atoms with van der Waals surface area (Å²) < 4.78 is 18.3. The van der Waals surface area contributed by atoms with Gasteiger partial charge in [0.1, 0.15) is 12.0 Å². The van der Waals surface area contributed by atoms with Crippen LogP contribution in [0.25, 0.3) is 21.9 Å². The number of nitrogens with one attached hydrogen (secondary N) is 2. The Balaban J connectivity index is 1.39. The molecule has 3 aromatic rings. The van der Waals surface area contributed by atoms with Crippen molar-refractivity contribution in [2.24, 2.45) is 5.92 Å². The van der Waals surface area contributed by atoms with Gasteiger partial charge in [-0.15, -0.1) is 0 Å². The van der Waals surface area contributed by atoms with Crippen molar-refractivity contribution in [3.8, 4) is 11.1 Å². The summed E-state index contributed by atoms with van der Waals surface area (Å²) in [5.41, 5.74) is 3.28. The van der Waals surface area contributed by atoms with Crippen LogP contribution in [0.3, 0.4) is 0 Å². The van der Waals surface area contributed by atoms with Crippen LogP contribution in [0, 0.1) is 12.8 Å². The highest BCUT2D eigenvalue weighted by Crippen LogP contribution is 2.35. The van der Waals surface area contributed by atoms with Gasteiger partial charge in [-0.2, -0.15) is 0 Å². The topological polar surface area (TPSA) is 80.3 Å². The fraction of sp³-hybridized carbons (Fsp3) is 0.320. The van der Waals surface area contributed by atoms with Gasteiger partial charge < -0.3 is 15.4 Å². The molecule has 2 aromatic carbocycles. The number of nitrogens with zero attached hydrogens (tertiary/aromatic N) is 1. The zero-order valence-corrected chi connectivity index (χ0v) is 17.9. The van der Waals surface area contributed by atoms with Crippen LogP contribution in [0.5, 0.6) is 0 Å². The van der Waals surface area contributed by atoms with Crippen molar-refractivity contribution in [3.05, 3.63) is 59.8 Å². The van der Waals surface area contributed by atoms with E-state index in [4.69, 9.17) is 4.74 Å². The average Bonchev–Trinajstić information content (AvgIpc) is 3.49. The van der Waals surface area contributed by atoms with Gasteiger partial charge in [-0.05, 0) is 66.6 Å². The third kappa shape index (κ3) is 3.96. The molecule has 1 saturated heterocycles. The predicted molar refractivity (Wildman–Crippen MR) is 120 cm³/mol. The van der Waals surface area contributed by atoms with Crippen LogP contribution in [-0.4, -0.2) is 41.7 Å². The first-order valence-corrected chi connectivity index (χ1v) is 10.7. The smallest absolute Gasteiger partial charge is 0.251 e. The molecule has 5 rings (SSSR count). The number of carbonyl (C=O) groups excluding carboxylic acids is 2. The fourth-order valence-corrected chi connectivity index (χ4v) is 3.93. The molecular formula is C25H24FN3O3. The molecule has 0 spiro atoms. The van der Waals surface area contributed by atoms with Crippen molar-refractivity contribution in [2.45, 2.75) is 32.0 Å². The van der Waals surface area contributed by atoms with E-state index < -0.39 is 12.1 Å². The van der Waals surface area contributed by atoms with Crippen LogP contribution in [0.2, 0.25) is 0 Å². The number of pyridine rings is 1. The van der Waals surface area contributed by atoms with Crippen molar-refractivity contribution in [3.63, 3.8) is 0 Å². The second kappa shape index (κ2) is 7.67. The lowest BCUT2D eigenvalue weighted by molar-refractivity contribution is -0.117. The Labute approximate surface area is 185 Å². The van der Waals surface area contributed by atoms with E-state index >= 15 is 0 Å². The number of aromatic nitrogens is 1. The maximum absolute atomic E-state index is 13.1. The largest absolute Gasteiger partial charge is 0.376 e. The number of amides is 2. The number of benzene rings is 2. The number of alkyl halides is 1. The summed E-state index contributed by atoms with van der Waals surface area (Å²) in [6.07, 6.45) is 0.938. The molecule has 1 saturated carbocycles. The third-order valence-electron chi connectivity index (χ3n) is 6.09. The van der Waals surface area contributed by atoms with Crippen molar-refractivity contribution < 1.29 is 18.7 Å². The van der Waals surface area contributed by atoms with Gasteiger partial charge in [-0.1, -0.05) is 18.2 Å². The SMILES string of the molecule is Cc1ccc(C(=O)NC2(C)COC2)cc1-c1ccc2cc(NC(=O)[C@@H]3C[C@@H]3F)ncc2c1. The van der Waals surface area contributed by atoms with Crippen molar-refractivity contribution >= 4 is 28.4 Å². The quantitative estimate of drug-likeness (QED) is 0.637. The van der Waals surface area contributed by atoms with Crippen molar-refractivity contribution in [2.75, 3.05) is 18.5 Å². The second-order valence-electron chi connectivity index (χ2n) is 9.02. The first-order valence-electron chi connectivity index (χ1n) is 10.7. The molecule has 2 aliphatic rings. The molecule has 7 heteroatoms. The Hall–Kier alpha value is -3.32. The molecule has 2 atom stereocenters. The molecule has 1 aliphatic carbocycles. The van der Waals surface area contributed by atoms with Gasteiger partial charge in [0.15, 0.2) is 0 Å². The molecule has 2 fully saturated rings. The van der Waals surface area contributed by atoms with Crippen LogP contribution in [-0.2, 0) is 9.53 Å². The number of ether oxygens (including phenoxy) is 1. The molecule has 164 valence electrons. The van der Waals surface area contributed by atoms with Crippen molar-refractivity contribution in [1.29, 1.82) is 0 Å². The normalized spacial score (nSPS) is 21.0. The first kappa shape index (κ1) is 20.6. The van der Waals surface area contributed by atoms with Crippen LogP contribution in [0.1, 0.15) is 29.3 Å². The average molecular weight is 433 g/mol. The van der Waals surface area contributed by atoms with Crippen LogP contribution in [0.15, 0.2) is 48.7 Å². The summed E-state index contributed by atoms with van der Waals surface area (Å²) in [7, 11) is 0. The van der Waals surface area contributed by atoms with Gasteiger partial charge >= 0.3 is 0 Å². The summed E-state index contributed by atoms with van der Waals surface area (Å²) in [4.78, 5) is 29.0. The van der Waals surface area contributed by atoms with Gasteiger partial charge in [-0.25, -0.2) is 9.37 Å². The fourth-order valence-electron chi connectivity index (χ4n) is 3.93. The molecule has 6 nitrogen and oxygen atoms in total. The standard InChI is InChI=1S/C25H24FN3O3/c1-14-3-4-17(23(30)29-25(2)12-32-13-25)8-19(14)16-6-5-15-9-22(27-11-18(15)7-16)28-24(31)20-10-21(20)26/h3-9,11,20-21H,10,12-13H2,1-2H3,(H,29,30)(H,27,28,31)/t20-,21+/m1/s1. The Morgan fingerprint density at radius 2 is 1.91 bits per heavy atom. The van der Waals surface area contributed by atoms with Gasteiger partial charge in [0.25, 0.3) is 5.91 Å². The van der Waals surface area contributed by atoms with Crippen molar-refractivity contribution in [1.82, 2.24) is 10.3 Å². The van der Waals surface area contributed by atoms with E-state index in [0.29, 0.717) is 24.6 Å². The monoisotopic (exact) mass is 433 g/mol. The molecular weight excluding hydrogens is 409 g/mol. The third-order valence-corrected chi connectivity index (χ3v) is 6.09. The van der Waals surface area contributed by atoms with E-state index in [9.17, 15) is 14.0 Å². The molecule has 1 aromatic heterocycles. The molecule has 0 radical (unpaired) electrons. The van der Waals surface area contributed by atoms with Gasteiger partial charge in [0.2, 0.25) is 5.91 Å². The lowest BCUT2D eigenvalue weighted by Gasteiger charge is -2.38. The van der Waals surface area contributed by atoms with Gasteiger partial charge in [0, 0.05) is 17.1 Å². The molecule has 2 N–H and O–H groups in total. The zero-order chi connectivity index (χ0) is 22.5. The van der Waals surface area contributed by atoms with Crippen LogP contribution >= 0.6 is 0 Å². The number of hydrogen-bond acceptors (Lipinski definition) is 4. The number of anilines is 1. The summed E-state index contributed by atoms with van der Waals surface area (Å²) in [6, 6.07) is 13.4. The van der Waals surface area contributed by atoms with E-state index in [-0.39, 0.29) is 23.8 Å². The summed E-state index contributed by atoms with van der Waals surface area (Å²) in [6.45, 7) is 5.02. The maximum atomic E-state index is 13.1. The maximum Gasteiger partial charge on any atom is 0.251 e. The number of carbonyl (C=O) groups is 2.